The molecular weight excluding hydrogens is 267 g/mol. The summed E-state index contributed by atoms with van der Waals surface area (Å²) in [6, 6.07) is 12.5. The average Bonchev–Trinajstić information content (AvgIpc) is 2.50. The molecule has 3 nitrogen and oxygen atoms in total. The summed E-state index contributed by atoms with van der Waals surface area (Å²) in [5.74, 6) is -0.442. The van der Waals surface area contributed by atoms with Gasteiger partial charge in [0.15, 0.2) is 0 Å². The van der Waals surface area contributed by atoms with Gasteiger partial charge in [0.05, 0.1) is 6.04 Å². The van der Waals surface area contributed by atoms with Crippen LogP contribution >= 0.6 is 0 Å². The Morgan fingerprint density at radius 3 is 2.76 bits per heavy atom. The van der Waals surface area contributed by atoms with Gasteiger partial charge >= 0.3 is 0 Å². The summed E-state index contributed by atoms with van der Waals surface area (Å²) < 4.78 is 13.5. The maximum atomic E-state index is 13.5. The van der Waals surface area contributed by atoms with Gasteiger partial charge in [0.2, 0.25) is 5.91 Å². The molecule has 1 aliphatic heterocycles. The molecule has 1 amide bonds. The van der Waals surface area contributed by atoms with Crippen LogP contribution in [-0.2, 0) is 17.8 Å². The van der Waals surface area contributed by atoms with E-state index in [1.165, 1.54) is 17.2 Å². The fraction of sp³-hybridized carbons (Fsp3) is 0.235. The number of nitrogens with one attached hydrogen (secondary N) is 2. The zero-order valence-electron chi connectivity index (χ0n) is 11.8. The smallest absolute Gasteiger partial charge is 0.241 e. The third kappa shape index (κ3) is 2.95. The Balaban J connectivity index is 1.70. The molecule has 2 N–H and O–H groups in total. The fourth-order valence-corrected chi connectivity index (χ4v) is 2.54. The molecule has 108 valence electrons. The highest BCUT2D eigenvalue weighted by Gasteiger charge is 2.23. The third-order valence-electron chi connectivity index (χ3n) is 3.84. The molecule has 4 heteroatoms. The van der Waals surface area contributed by atoms with E-state index in [0.29, 0.717) is 24.2 Å². The normalized spacial score (nSPS) is 17.1. The van der Waals surface area contributed by atoms with E-state index in [-0.39, 0.29) is 17.8 Å². The molecule has 0 radical (unpaired) electrons. The van der Waals surface area contributed by atoms with Crippen molar-refractivity contribution in [2.24, 2.45) is 0 Å². The standard InChI is InChI=1S/C17H17FN2O/c1-11-6-7-14(9-15(11)18)20-17(21)16-8-12-4-2-3-5-13(12)10-19-16/h2-7,9,16,19H,8,10H2,1H3,(H,20,21). The van der Waals surface area contributed by atoms with Crippen LogP contribution in [0.25, 0.3) is 0 Å². The third-order valence-corrected chi connectivity index (χ3v) is 3.84. The van der Waals surface area contributed by atoms with Crippen molar-refractivity contribution in [2.75, 3.05) is 5.32 Å². The SMILES string of the molecule is Cc1ccc(NC(=O)C2Cc3ccccc3CN2)cc1F. The lowest BCUT2D eigenvalue weighted by Crippen LogP contribution is -2.44. The number of hydrogen-bond donors (Lipinski definition) is 2. The van der Waals surface area contributed by atoms with Gasteiger partial charge < -0.3 is 10.6 Å². The zero-order chi connectivity index (χ0) is 14.8. The lowest BCUT2D eigenvalue weighted by atomic mass is 9.95. The highest BCUT2D eigenvalue weighted by atomic mass is 19.1. The molecule has 1 aliphatic rings. The summed E-state index contributed by atoms with van der Waals surface area (Å²) in [7, 11) is 0. The Labute approximate surface area is 123 Å². The van der Waals surface area contributed by atoms with Gasteiger partial charge in [-0.25, -0.2) is 4.39 Å². The van der Waals surface area contributed by atoms with Crippen molar-refractivity contribution in [1.29, 1.82) is 0 Å². The molecule has 0 aromatic heterocycles. The van der Waals surface area contributed by atoms with Crippen LogP contribution in [0.3, 0.4) is 0 Å². The predicted molar refractivity (Wildman–Crippen MR) is 80.5 cm³/mol. The minimum Gasteiger partial charge on any atom is -0.325 e. The van der Waals surface area contributed by atoms with Crippen molar-refractivity contribution in [1.82, 2.24) is 5.32 Å². The molecule has 21 heavy (non-hydrogen) atoms. The van der Waals surface area contributed by atoms with Gasteiger partial charge in [0, 0.05) is 12.2 Å². The Bertz CT molecular complexity index is 684. The van der Waals surface area contributed by atoms with Crippen molar-refractivity contribution >= 4 is 11.6 Å². The number of rotatable bonds is 2. The van der Waals surface area contributed by atoms with Crippen LogP contribution in [-0.4, -0.2) is 11.9 Å². The topological polar surface area (TPSA) is 41.1 Å². The number of fused-ring (bicyclic) bond motifs is 1. The van der Waals surface area contributed by atoms with Gasteiger partial charge in [-0.2, -0.15) is 0 Å². The molecule has 0 spiro atoms. The molecular formula is C17H17FN2O. The van der Waals surface area contributed by atoms with Gasteiger partial charge in [0.1, 0.15) is 5.82 Å². The second kappa shape index (κ2) is 5.66. The second-order valence-electron chi connectivity index (χ2n) is 5.36. The van der Waals surface area contributed by atoms with Crippen LogP contribution < -0.4 is 10.6 Å². The molecule has 0 fully saturated rings. The van der Waals surface area contributed by atoms with E-state index in [1.54, 1.807) is 19.1 Å². The van der Waals surface area contributed by atoms with E-state index in [9.17, 15) is 9.18 Å². The number of halogens is 1. The Kier molecular flexibility index (Phi) is 3.71. The first-order valence-electron chi connectivity index (χ1n) is 7.00. The van der Waals surface area contributed by atoms with Crippen LogP contribution in [0.4, 0.5) is 10.1 Å². The molecule has 1 atom stereocenters. The summed E-state index contributed by atoms with van der Waals surface area (Å²) in [6.07, 6.45) is 0.649. The van der Waals surface area contributed by atoms with Crippen LogP contribution in [0.1, 0.15) is 16.7 Å². The zero-order valence-corrected chi connectivity index (χ0v) is 11.8. The molecule has 0 aliphatic carbocycles. The first-order valence-corrected chi connectivity index (χ1v) is 7.00. The summed E-state index contributed by atoms with van der Waals surface area (Å²) in [6.45, 7) is 2.37. The monoisotopic (exact) mass is 284 g/mol. The first kappa shape index (κ1) is 13.8. The number of carbonyl (C=O) groups excluding carboxylic acids is 1. The molecule has 0 saturated heterocycles. The van der Waals surface area contributed by atoms with Crippen LogP contribution in [0, 0.1) is 12.7 Å². The van der Waals surface area contributed by atoms with Crippen LogP contribution in [0.5, 0.6) is 0 Å². The largest absolute Gasteiger partial charge is 0.325 e. The lowest BCUT2D eigenvalue weighted by Gasteiger charge is -2.25. The van der Waals surface area contributed by atoms with Crippen molar-refractivity contribution in [3.63, 3.8) is 0 Å². The molecule has 0 bridgehead atoms. The van der Waals surface area contributed by atoms with E-state index in [1.807, 2.05) is 18.2 Å². The van der Waals surface area contributed by atoms with Crippen LogP contribution in [0.15, 0.2) is 42.5 Å². The minimum atomic E-state index is -0.310. The highest BCUT2D eigenvalue weighted by molar-refractivity contribution is 5.95. The van der Waals surface area contributed by atoms with E-state index < -0.39 is 0 Å². The van der Waals surface area contributed by atoms with Gasteiger partial charge in [-0.15, -0.1) is 0 Å². The molecule has 2 aromatic rings. The number of benzene rings is 2. The van der Waals surface area contributed by atoms with E-state index in [2.05, 4.69) is 16.7 Å². The summed E-state index contributed by atoms with van der Waals surface area (Å²) >= 11 is 0. The maximum absolute atomic E-state index is 13.5. The second-order valence-corrected chi connectivity index (χ2v) is 5.36. The molecule has 3 rings (SSSR count). The minimum absolute atomic E-state index is 0.132. The van der Waals surface area contributed by atoms with E-state index in [0.717, 1.165) is 0 Å². The number of hydrogen-bond acceptors (Lipinski definition) is 2. The van der Waals surface area contributed by atoms with E-state index >= 15 is 0 Å². The highest BCUT2D eigenvalue weighted by Crippen LogP contribution is 2.18. The summed E-state index contributed by atoms with van der Waals surface area (Å²) in [5, 5.41) is 5.98. The average molecular weight is 284 g/mol. The number of carbonyl (C=O) groups is 1. The van der Waals surface area contributed by atoms with Gasteiger partial charge in [0.25, 0.3) is 0 Å². The Morgan fingerprint density at radius 2 is 2.00 bits per heavy atom. The Morgan fingerprint density at radius 1 is 1.24 bits per heavy atom. The van der Waals surface area contributed by atoms with E-state index in [4.69, 9.17) is 0 Å². The predicted octanol–water partition coefficient (Wildman–Crippen LogP) is 2.79. The molecule has 1 unspecified atom stereocenters. The maximum Gasteiger partial charge on any atom is 0.241 e. The number of anilines is 1. The number of amides is 1. The van der Waals surface area contributed by atoms with Crippen LogP contribution in [0.2, 0.25) is 0 Å². The Hall–Kier alpha value is -2.20. The number of aryl methyl sites for hydroxylation is 1. The first-order chi connectivity index (χ1) is 10.1. The van der Waals surface area contributed by atoms with Gasteiger partial charge in [-0.05, 0) is 42.2 Å². The molecule has 1 heterocycles. The van der Waals surface area contributed by atoms with Crippen molar-refractivity contribution in [2.45, 2.75) is 25.9 Å². The van der Waals surface area contributed by atoms with Crippen molar-refractivity contribution in [3.8, 4) is 0 Å². The van der Waals surface area contributed by atoms with Crippen molar-refractivity contribution in [3.05, 3.63) is 65.0 Å². The van der Waals surface area contributed by atoms with Crippen molar-refractivity contribution < 1.29 is 9.18 Å². The quantitative estimate of drug-likeness (QED) is 0.890. The fourth-order valence-electron chi connectivity index (χ4n) is 2.54. The van der Waals surface area contributed by atoms with Gasteiger partial charge in [-0.3, -0.25) is 4.79 Å². The lowest BCUT2D eigenvalue weighted by molar-refractivity contribution is -0.118. The summed E-state index contributed by atoms with van der Waals surface area (Å²) in [5.41, 5.74) is 3.47. The molecule has 2 aromatic carbocycles. The van der Waals surface area contributed by atoms with Gasteiger partial charge in [-0.1, -0.05) is 30.3 Å². The molecule has 0 saturated carbocycles. The summed E-state index contributed by atoms with van der Waals surface area (Å²) in [4.78, 5) is 12.3.